The van der Waals surface area contributed by atoms with E-state index in [9.17, 15) is 4.79 Å². The van der Waals surface area contributed by atoms with Gasteiger partial charge in [-0.2, -0.15) is 0 Å². The quantitative estimate of drug-likeness (QED) is 0.756. The highest BCUT2D eigenvalue weighted by Crippen LogP contribution is 2.17. The van der Waals surface area contributed by atoms with Crippen LogP contribution in [-0.2, 0) is 16.0 Å². The zero-order valence-corrected chi connectivity index (χ0v) is 11.8. The fourth-order valence-corrected chi connectivity index (χ4v) is 1.88. The van der Waals surface area contributed by atoms with Crippen molar-refractivity contribution in [2.24, 2.45) is 11.7 Å². The lowest BCUT2D eigenvalue weighted by molar-refractivity contribution is -0.119. The van der Waals surface area contributed by atoms with Crippen LogP contribution in [0.3, 0.4) is 0 Å². The van der Waals surface area contributed by atoms with Gasteiger partial charge in [-0.05, 0) is 37.4 Å². The van der Waals surface area contributed by atoms with Crippen LogP contribution in [0.2, 0.25) is 0 Å². The third-order valence-corrected chi connectivity index (χ3v) is 3.14. The summed E-state index contributed by atoms with van der Waals surface area (Å²) in [6.07, 6.45) is 2.49. The number of anilines is 1. The molecule has 1 aromatic carbocycles. The summed E-state index contributed by atoms with van der Waals surface area (Å²) < 4.78 is 5.08. The predicted octanol–water partition coefficient (Wildman–Crippen LogP) is 2.19. The minimum absolute atomic E-state index is 0.0148. The van der Waals surface area contributed by atoms with Crippen LogP contribution >= 0.6 is 0 Å². The number of hydrogen-bond acceptors (Lipinski definition) is 3. The Morgan fingerprint density at radius 1 is 1.42 bits per heavy atom. The van der Waals surface area contributed by atoms with Gasteiger partial charge in [-0.15, -0.1) is 0 Å². The Bertz CT molecular complexity index is 393. The first kappa shape index (κ1) is 15.7. The van der Waals surface area contributed by atoms with Gasteiger partial charge in [0.1, 0.15) is 0 Å². The number of nitrogens with two attached hydrogens (primary N) is 1. The van der Waals surface area contributed by atoms with E-state index in [0.717, 1.165) is 30.5 Å². The zero-order valence-electron chi connectivity index (χ0n) is 11.8. The van der Waals surface area contributed by atoms with Crippen molar-refractivity contribution in [3.63, 3.8) is 0 Å². The van der Waals surface area contributed by atoms with Crippen molar-refractivity contribution in [3.8, 4) is 0 Å². The summed E-state index contributed by atoms with van der Waals surface area (Å²) in [5.41, 5.74) is 7.44. The lowest BCUT2D eigenvalue weighted by Gasteiger charge is -2.14. The molecule has 0 aliphatic carbocycles. The van der Waals surface area contributed by atoms with Crippen molar-refractivity contribution < 1.29 is 9.53 Å². The van der Waals surface area contributed by atoms with Crippen molar-refractivity contribution in [2.45, 2.75) is 26.2 Å². The number of methoxy groups -OCH3 is 1. The van der Waals surface area contributed by atoms with Crippen molar-refractivity contribution in [1.29, 1.82) is 0 Å². The monoisotopic (exact) mass is 264 g/mol. The summed E-state index contributed by atoms with van der Waals surface area (Å²) in [4.78, 5) is 12.1. The van der Waals surface area contributed by atoms with E-state index in [1.807, 2.05) is 31.2 Å². The number of carbonyl (C=O) groups excluding carboxylic acids is 1. The maximum absolute atomic E-state index is 12.1. The smallest absolute Gasteiger partial charge is 0.227 e. The Labute approximate surface area is 115 Å². The van der Waals surface area contributed by atoms with Gasteiger partial charge in [0.15, 0.2) is 0 Å². The summed E-state index contributed by atoms with van der Waals surface area (Å²) in [5, 5.41) is 2.99. The second kappa shape index (κ2) is 8.67. The zero-order chi connectivity index (χ0) is 14.1. The van der Waals surface area contributed by atoms with Crippen molar-refractivity contribution in [2.75, 3.05) is 25.6 Å². The van der Waals surface area contributed by atoms with Gasteiger partial charge in [0.2, 0.25) is 5.91 Å². The molecule has 0 aliphatic rings. The van der Waals surface area contributed by atoms with Crippen LogP contribution in [0.5, 0.6) is 0 Å². The largest absolute Gasteiger partial charge is 0.384 e. The maximum Gasteiger partial charge on any atom is 0.227 e. The van der Waals surface area contributed by atoms with E-state index in [4.69, 9.17) is 10.5 Å². The fraction of sp³-hybridized carbons (Fsp3) is 0.533. The average molecular weight is 264 g/mol. The van der Waals surface area contributed by atoms with E-state index >= 15 is 0 Å². The molecule has 0 bridgehead atoms. The molecule has 4 heteroatoms. The highest BCUT2D eigenvalue weighted by molar-refractivity contribution is 5.93. The Morgan fingerprint density at radius 3 is 2.84 bits per heavy atom. The predicted molar refractivity (Wildman–Crippen MR) is 78.1 cm³/mol. The summed E-state index contributed by atoms with van der Waals surface area (Å²) in [5.74, 6) is 0.0392. The first-order valence-corrected chi connectivity index (χ1v) is 6.76. The number of benzene rings is 1. The van der Waals surface area contributed by atoms with Crippen LogP contribution < -0.4 is 11.1 Å². The van der Waals surface area contributed by atoms with E-state index in [1.165, 1.54) is 0 Å². The summed E-state index contributed by atoms with van der Waals surface area (Å²) in [7, 11) is 1.68. The van der Waals surface area contributed by atoms with Gasteiger partial charge in [-0.1, -0.05) is 25.1 Å². The third-order valence-electron chi connectivity index (χ3n) is 3.14. The second-order valence-corrected chi connectivity index (χ2v) is 4.72. The van der Waals surface area contributed by atoms with Crippen molar-refractivity contribution >= 4 is 11.6 Å². The summed E-state index contributed by atoms with van der Waals surface area (Å²) >= 11 is 0. The molecule has 1 amide bonds. The fourth-order valence-electron chi connectivity index (χ4n) is 1.88. The van der Waals surface area contributed by atoms with Crippen molar-refractivity contribution in [1.82, 2.24) is 0 Å². The van der Waals surface area contributed by atoms with Crippen LogP contribution in [-0.4, -0.2) is 26.2 Å². The molecule has 3 N–H and O–H groups in total. The maximum atomic E-state index is 12.1. The summed E-state index contributed by atoms with van der Waals surface area (Å²) in [6.45, 7) is 3.21. The minimum Gasteiger partial charge on any atom is -0.384 e. The molecule has 4 nitrogen and oxygen atoms in total. The molecule has 106 valence electrons. The molecule has 0 spiro atoms. The molecule has 0 fully saturated rings. The van der Waals surface area contributed by atoms with Gasteiger partial charge >= 0.3 is 0 Å². The van der Waals surface area contributed by atoms with Gasteiger partial charge < -0.3 is 15.8 Å². The highest BCUT2D eigenvalue weighted by atomic mass is 16.5. The number of nitrogens with one attached hydrogen (secondary N) is 1. The van der Waals surface area contributed by atoms with Crippen LogP contribution in [0, 0.1) is 5.92 Å². The average Bonchev–Trinajstić information content (AvgIpc) is 2.43. The van der Waals surface area contributed by atoms with Crippen LogP contribution in [0.1, 0.15) is 25.3 Å². The van der Waals surface area contributed by atoms with E-state index in [0.29, 0.717) is 13.2 Å². The molecule has 0 aromatic heterocycles. The van der Waals surface area contributed by atoms with Crippen LogP contribution in [0.15, 0.2) is 24.3 Å². The normalized spacial score (nSPS) is 12.2. The Kier molecular flexibility index (Phi) is 7.15. The van der Waals surface area contributed by atoms with Gasteiger partial charge in [0.05, 0.1) is 6.61 Å². The number of rotatable bonds is 8. The Balaban J connectivity index is 2.62. The molecular weight excluding hydrogens is 240 g/mol. The number of carbonyl (C=O) groups is 1. The summed E-state index contributed by atoms with van der Waals surface area (Å²) in [6, 6.07) is 7.84. The van der Waals surface area contributed by atoms with Gasteiger partial charge in [-0.25, -0.2) is 0 Å². The molecule has 0 saturated carbocycles. The molecule has 0 aliphatic heterocycles. The molecule has 0 heterocycles. The second-order valence-electron chi connectivity index (χ2n) is 4.72. The number of amides is 1. The van der Waals surface area contributed by atoms with Gasteiger partial charge in [0, 0.05) is 18.7 Å². The molecule has 1 unspecified atom stereocenters. The Hall–Kier alpha value is -1.39. The number of ether oxygens (including phenoxy) is 1. The Morgan fingerprint density at radius 2 is 2.16 bits per heavy atom. The number of hydrogen-bond donors (Lipinski definition) is 2. The van der Waals surface area contributed by atoms with E-state index in [2.05, 4.69) is 5.32 Å². The van der Waals surface area contributed by atoms with E-state index in [-0.39, 0.29) is 11.8 Å². The standard InChI is InChI=1S/C15H24N2O2/c1-12(6-5-10-16)15(18)17-14-8-4-3-7-13(14)9-11-19-2/h3-4,7-8,12H,5-6,9-11,16H2,1-2H3,(H,17,18). The van der Waals surface area contributed by atoms with E-state index < -0.39 is 0 Å². The topological polar surface area (TPSA) is 64.3 Å². The van der Waals surface area contributed by atoms with Gasteiger partial charge in [0.25, 0.3) is 0 Å². The van der Waals surface area contributed by atoms with Crippen LogP contribution in [0.4, 0.5) is 5.69 Å². The molecule has 0 radical (unpaired) electrons. The lowest BCUT2D eigenvalue weighted by atomic mass is 10.0. The minimum atomic E-state index is -0.0148. The molecule has 1 atom stereocenters. The van der Waals surface area contributed by atoms with E-state index in [1.54, 1.807) is 7.11 Å². The molecule has 19 heavy (non-hydrogen) atoms. The first-order chi connectivity index (χ1) is 9.19. The number of para-hydroxylation sites is 1. The molecule has 0 saturated heterocycles. The molecular formula is C15H24N2O2. The van der Waals surface area contributed by atoms with Crippen LogP contribution in [0.25, 0.3) is 0 Å². The third kappa shape index (κ3) is 5.41. The van der Waals surface area contributed by atoms with Crippen molar-refractivity contribution in [3.05, 3.63) is 29.8 Å². The molecule has 1 rings (SSSR count). The molecule has 1 aromatic rings. The highest BCUT2D eigenvalue weighted by Gasteiger charge is 2.13. The SMILES string of the molecule is COCCc1ccccc1NC(=O)C(C)CCCN. The lowest BCUT2D eigenvalue weighted by Crippen LogP contribution is -2.22. The first-order valence-electron chi connectivity index (χ1n) is 6.76. The van der Waals surface area contributed by atoms with Gasteiger partial charge in [-0.3, -0.25) is 4.79 Å².